The lowest BCUT2D eigenvalue weighted by atomic mass is 9.98. The average Bonchev–Trinajstić information content (AvgIpc) is 2.86. The smallest absolute Gasteiger partial charge is 0.276 e. The first kappa shape index (κ1) is 27.1. The summed E-state index contributed by atoms with van der Waals surface area (Å²) in [5.74, 6) is 0.648. The van der Waals surface area contributed by atoms with Crippen molar-refractivity contribution in [1.82, 2.24) is 16.2 Å². The molecule has 0 saturated carbocycles. The first-order valence-corrected chi connectivity index (χ1v) is 12.2. The van der Waals surface area contributed by atoms with Crippen molar-refractivity contribution in [1.29, 1.82) is 0 Å². The number of benzene rings is 2. The van der Waals surface area contributed by atoms with Gasteiger partial charge in [0.15, 0.2) is 11.7 Å². The summed E-state index contributed by atoms with van der Waals surface area (Å²) >= 11 is 5.14. The Bertz CT molecular complexity index is 951. The van der Waals surface area contributed by atoms with E-state index in [1.807, 2.05) is 30.3 Å². The zero-order valence-corrected chi connectivity index (χ0v) is 21.0. The van der Waals surface area contributed by atoms with Gasteiger partial charge in [0.1, 0.15) is 11.5 Å². The minimum Gasteiger partial charge on any atom is -0.493 e. The standard InChI is InChI=1S/C26H35N3O4S/c1-4-6-7-12-17-32-23-16-11-9-14-21(23)25(31)27-26(34)29-28-24(30)18-33-22-15-10-8-13-20(22)19(3)5-2/h8-11,13-16,19H,4-7,12,17-18H2,1-3H3,(H,28,30)(H2,27,29,31,34). The van der Waals surface area contributed by atoms with E-state index in [1.165, 1.54) is 0 Å². The molecule has 1 unspecified atom stereocenters. The van der Waals surface area contributed by atoms with Crippen molar-refractivity contribution in [2.24, 2.45) is 0 Å². The van der Waals surface area contributed by atoms with Crippen LogP contribution in [0, 0.1) is 0 Å². The highest BCUT2D eigenvalue weighted by molar-refractivity contribution is 7.80. The maximum atomic E-state index is 12.6. The van der Waals surface area contributed by atoms with Gasteiger partial charge in [0.25, 0.3) is 11.8 Å². The van der Waals surface area contributed by atoms with Crippen LogP contribution in [0.25, 0.3) is 0 Å². The van der Waals surface area contributed by atoms with Crippen LogP contribution in [0.3, 0.4) is 0 Å². The van der Waals surface area contributed by atoms with E-state index in [9.17, 15) is 9.59 Å². The number of hydrazine groups is 1. The fourth-order valence-electron chi connectivity index (χ4n) is 3.24. The number of unbranched alkanes of at least 4 members (excludes halogenated alkanes) is 3. The summed E-state index contributed by atoms with van der Waals surface area (Å²) in [5, 5.41) is 2.52. The van der Waals surface area contributed by atoms with Crippen LogP contribution in [0.15, 0.2) is 48.5 Å². The van der Waals surface area contributed by atoms with E-state index in [4.69, 9.17) is 21.7 Å². The van der Waals surface area contributed by atoms with Gasteiger partial charge < -0.3 is 9.47 Å². The van der Waals surface area contributed by atoms with E-state index in [0.717, 1.165) is 37.7 Å². The molecular formula is C26H35N3O4S. The maximum absolute atomic E-state index is 12.6. The van der Waals surface area contributed by atoms with Gasteiger partial charge in [0.2, 0.25) is 0 Å². The minimum atomic E-state index is -0.425. The Kier molecular flexibility index (Phi) is 11.9. The predicted molar refractivity (Wildman–Crippen MR) is 138 cm³/mol. The highest BCUT2D eigenvalue weighted by atomic mass is 32.1. The molecule has 0 saturated heterocycles. The van der Waals surface area contributed by atoms with Gasteiger partial charge in [0.05, 0.1) is 12.2 Å². The molecule has 0 radical (unpaired) electrons. The molecule has 2 aromatic carbocycles. The number of ether oxygens (including phenoxy) is 2. The van der Waals surface area contributed by atoms with E-state index in [2.05, 4.69) is 36.9 Å². The van der Waals surface area contributed by atoms with E-state index in [0.29, 0.717) is 29.6 Å². The second-order valence-corrected chi connectivity index (χ2v) is 8.41. The molecule has 2 amide bonds. The Morgan fingerprint density at radius 3 is 2.35 bits per heavy atom. The summed E-state index contributed by atoms with van der Waals surface area (Å²) < 4.78 is 11.5. The van der Waals surface area contributed by atoms with E-state index >= 15 is 0 Å². The van der Waals surface area contributed by atoms with Crippen LogP contribution < -0.4 is 25.6 Å². The molecule has 0 heterocycles. The molecular weight excluding hydrogens is 450 g/mol. The van der Waals surface area contributed by atoms with Crippen LogP contribution >= 0.6 is 12.2 Å². The number of hydrogen-bond donors (Lipinski definition) is 3. The van der Waals surface area contributed by atoms with E-state index in [1.54, 1.807) is 18.2 Å². The Hall–Kier alpha value is -3.13. The maximum Gasteiger partial charge on any atom is 0.276 e. The molecule has 8 heteroatoms. The lowest BCUT2D eigenvalue weighted by molar-refractivity contribution is -0.123. The van der Waals surface area contributed by atoms with Crippen LogP contribution in [0.2, 0.25) is 0 Å². The molecule has 184 valence electrons. The number of carbonyl (C=O) groups excluding carboxylic acids is 2. The largest absolute Gasteiger partial charge is 0.493 e. The molecule has 1 atom stereocenters. The Morgan fingerprint density at radius 1 is 0.912 bits per heavy atom. The molecule has 34 heavy (non-hydrogen) atoms. The van der Waals surface area contributed by atoms with Crippen LogP contribution in [0.1, 0.15) is 74.7 Å². The number of hydrogen-bond acceptors (Lipinski definition) is 5. The lowest BCUT2D eigenvalue weighted by Crippen LogP contribution is -2.49. The van der Waals surface area contributed by atoms with Crippen LogP contribution in [-0.4, -0.2) is 30.1 Å². The summed E-state index contributed by atoms with van der Waals surface area (Å²) in [5.41, 5.74) is 6.40. The minimum absolute atomic E-state index is 0.0314. The molecule has 7 nitrogen and oxygen atoms in total. The van der Waals surface area contributed by atoms with Gasteiger partial charge in [-0.3, -0.25) is 25.8 Å². The van der Waals surface area contributed by atoms with Crippen molar-refractivity contribution in [3.05, 3.63) is 59.7 Å². The third-order valence-corrected chi connectivity index (χ3v) is 5.55. The van der Waals surface area contributed by atoms with Crippen LogP contribution in [0.5, 0.6) is 11.5 Å². The SMILES string of the molecule is CCCCCCOc1ccccc1C(=O)NC(=S)NNC(=O)COc1ccccc1C(C)CC. The van der Waals surface area contributed by atoms with Gasteiger partial charge in [-0.15, -0.1) is 0 Å². The third-order valence-electron chi connectivity index (χ3n) is 5.35. The van der Waals surface area contributed by atoms with Crippen molar-refractivity contribution in [3.8, 4) is 11.5 Å². The first-order chi connectivity index (χ1) is 16.5. The number of nitrogens with one attached hydrogen (secondary N) is 3. The molecule has 0 aromatic heterocycles. The number of rotatable bonds is 12. The normalized spacial score (nSPS) is 11.3. The number of thiocarbonyl (C=S) groups is 1. The zero-order valence-electron chi connectivity index (χ0n) is 20.2. The molecule has 0 fully saturated rings. The summed E-state index contributed by atoms with van der Waals surface area (Å²) in [6.07, 6.45) is 5.30. The van der Waals surface area contributed by atoms with Gasteiger partial charge in [-0.25, -0.2) is 0 Å². The highest BCUT2D eigenvalue weighted by Gasteiger charge is 2.15. The third kappa shape index (κ3) is 9.02. The molecule has 0 aliphatic rings. The molecule has 0 aliphatic carbocycles. The number of amides is 2. The van der Waals surface area contributed by atoms with Crippen molar-refractivity contribution in [2.45, 2.75) is 58.8 Å². The Morgan fingerprint density at radius 2 is 1.62 bits per heavy atom. The summed E-state index contributed by atoms with van der Waals surface area (Å²) in [7, 11) is 0. The molecule has 2 rings (SSSR count). The molecule has 0 spiro atoms. The highest BCUT2D eigenvalue weighted by Crippen LogP contribution is 2.28. The molecule has 0 aliphatic heterocycles. The Balaban J connectivity index is 1.80. The molecule has 2 aromatic rings. The monoisotopic (exact) mass is 485 g/mol. The fraction of sp³-hybridized carbons (Fsp3) is 0.423. The van der Waals surface area contributed by atoms with Gasteiger partial charge in [-0.05, 0) is 54.7 Å². The van der Waals surface area contributed by atoms with Gasteiger partial charge >= 0.3 is 0 Å². The first-order valence-electron chi connectivity index (χ1n) is 11.8. The topological polar surface area (TPSA) is 88.7 Å². The second-order valence-electron chi connectivity index (χ2n) is 8.00. The van der Waals surface area contributed by atoms with Crippen molar-refractivity contribution >= 4 is 29.1 Å². The van der Waals surface area contributed by atoms with E-state index < -0.39 is 11.8 Å². The van der Waals surface area contributed by atoms with Crippen molar-refractivity contribution < 1.29 is 19.1 Å². The van der Waals surface area contributed by atoms with Crippen LogP contribution in [-0.2, 0) is 4.79 Å². The lowest BCUT2D eigenvalue weighted by Gasteiger charge is -2.16. The Labute approximate surface area is 207 Å². The van der Waals surface area contributed by atoms with Crippen molar-refractivity contribution in [2.75, 3.05) is 13.2 Å². The average molecular weight is 486 g/mol. The second kappa shape index (κ2) is 14.9. The van der Waals surface area contributed by atoms with E-state index in [-0.39, 0.29) is 11.7 Å². The van der Waals surface area contributed by atoms with Crippen molar-refractivity contribution in [3.63, 3.8) is 0 Å². The van der Waals surface area contributed by atoms with Crippen LogP contribution in [0.4, 0.5) is 0 Å². The number of para-hydroxylation sites is 2. The quantitative estimate of drug-likeness (QED) is 0.226. The fourth-order valence-corrected chi connectivity index (χ4v) is 3.38. The van der Waals surface area contributed by atoms with Gasteiger partial charge in [-0.1, -0.05) is 70.4 Å². The predicted octanol–water partition coefficient (Wildman–Crippen LogP) is 4.87. The molecule has 0 bridgehead atoms. The summed E-state index contributed by atoms with van der Waals surface area (Å²) in [6, 6.07) is 14.6. The summed E-state index contributed by atoms with van der Waals surface area (Å²) in [4.78, 5) is 24.8. The molecule has 3 N–H and O–H groups in total. The summed E-state index contributed by atoms with van der Waals surface area (Å²) in [6.45, 7) is 6.72. The van der Waals surface area contributed by atoms with Gasteiger partial charge in [-0.2, -0.15) is 0 Å². The zero-order chi connectivity index (χ0) is 24.8. The number of carbonyl (C=O) groups is 2. The van der Waals surface area contributed by atoms with Gasteiger partial charge in [0, 0.05) is 0 Å².